The summed E-state index contributed by atoms with van der Waals surface area (Å²) in [5, 5.41) is 0. The third-order valence-electron chi connectivity index (χ3n) is 2.11. The molecular weight excluding hydrogens is 148 g/mol. The molecule has 12 heavy (non-hydrogen) atoms. The van der Waals surface area contributed by atoms with Crippen molar-refractivity contribution in [1.82, 2.24) is 0 Å². The summed E-state index contributed by atoms with van der Waals surface area (Å²) in [6.45, 7) is 10.6. The van der Waals surface area contributed by atoms with E-state index in [4.69, 9.17) is 4.79 Å². The molecule has 0 aliphatic heterocycles. The summed E-state index contributed by atoms with van der Waals surface area (Å²) in [6, 6.07) is 4.48. The second kappa shape index (κ2) is 4.70. The molecule has 0 bridgehead atoms. The van der Waals surface area contributed by atoms with Gasteiger partial charge >= 0.3 is 0 Å². The molecule has 0 aliphatic rings. The van der Waals surface area contributed by atoms with Crippen molar-refractivity contribution >= 4 is 6.79 Å². The second-order valence-corrected chi connectivity index (χ2v) is 3.02. The molecule has 0 aliphatic carbocycles. The highest BCUT2D eigenvalue weighted by Crippen LogP contribution is 2.13. The molecule has 1 rings (SSSR count). The normalized spacial score (nSPS) is 8.67. The largest absolute Gasteiger partial charge is 0.307 e. The topological polar surface area (TPSA) is 17.1 Å². The van der Waals surface area contributed by atoms with Crippen LogP contribution in [0.2, 0.25) is 0 Å². The van der Waals surface area contributed by atoms with E-state index in [9.17, 15) is 0 Å². The fourth-order valence-electron chi connectivity index (χ4n) is 1.10. The van der Waals surface area contributed by atoms with Crippen LogP contribution in [0.5, 0.6) is 0 Å². The fourth-order valence-corrected chi connectivity index (χ4v) is 1.10. The van der Waals surface area contributed by atoms with Gasteiger partial charge in [0.05, 0.1) is 0 Å². The highest BCUT2D eigenvalue weighted by Gasteiger charge is 1.95. The molecule has 1 aromatic carbocycles. The highest BCUT2D eigenvalue weighted by atomic mass is 16.1. The number of carbonyl (C=O) groups is 1. The lowest BCUT2D eigenvalue weighted by atomic mass is 10.0. The molecule has 0 saturated heterocycles. The Morgan fingerprint density at radius 1 is 0.750 bits per heavy atom. The van der Waals surface area contributed by atoms with E-state index in [1.54, 1.807) is 0 Å². The Hall–Kier alpha value is -1.11. The molecule has 66 valence electrons. The molecule has 0 radical (unpaired) electrons. The first-order valence-corrected chi connectivity index (χ1v) is 3.94. The number of benzene rings is 1. The van der Waals surface area contributed by atoms with Gasteiger partial charge in [0.25, 0.3) is 0 Å². The number of rotatable bonds is 0. The predicted octanol–water partition coefficient (Wildman–Crippen LogP) is 2.74. The van der Waals surface area contributed by atoms with Crippen LogP contribution in [-0.2, 0) is 4.79 Å². The molecule has 0 saturated carbocycles. The van der Waals surface area contributed by atoms with E-state index >= 15 is 0 Å². The highest BCUT2D eigenvalue weighted by molar-refractivity contribution is 5.35. The molecule has 0 aromatic heterocycles. The lowest BCUT2D eigenvalue weighted by Crippen LogP contribution is -1.86. The van der Waals surface area contributed by atoms with Gasteiger partial charge in [-0.1, -0.05) is 12.1 Å². The molecule has 0 fully saturated rings. The molecular formula is C11H16O. The lowest BCUT2D eigenvalue weighted by Gasteiger charge is -2.04. The van der Waals surface area contributed by atoms with Gasteiger partial charge in [-0.2, -0.15) is 0 Å². The van der Waals surface area contributed by atoms with Gasteiger partial charge in [-0.15, -0.1) is 0 Å². The van der Waals surface area contributed by atoms with Crippen LogP contribution in [0, 0.1) is 27.7 Å². The number of hydrogen-bond acceptors (Lipinski definition) is 1. The van der Waals surface area contributed by atoms with E-state index in [-0.39, 0.29) is 0 Å². The van der Waals surface area contributed by atoms with E-state index < -0.39 is 0 Å². The van der Waals surface area contributed by atoms with E-state index in [0.717, 1.165) is 0 Å². The molecule has 0 heterocycles. The maximum atomic E-state index is 8.00. The van der Waals surface area contributed by atoms with Crippen LogP contribution in [0.15, 0.2) is 12.1 Å². The van der Waals surface area contributed by atoms with Crippen LogP contribution in [0.25, 0.3) is 0 Å². The maximum absolute atomic E-state index is 8.00. The first kappa shape index (κ1) is 10.9. The van der Waals surface area contributed by atoms with Crippen molar-refractivity contribution in [3.8, 4) is 0 Å². The minimum atomic E-state index is 1.39. The number of hydrogen-bond donors (Lipinski definition) is 0. The Morgan fingerprint density at radius 2 is 0.917 bits per heavy atom. The van der Waals surface area contributed by atoms with Crippen molar-refractivity contribution in [3.05, 3.63) is 34.4 Å². The zero-order chi connectivity index (χ0) is 9.72. The van der Waals surface area contributed by atoms with Crippen LogP contribution in [-0.4, -0.2) is 6.79 Å². The molecule has 0 spiro atoms. The molecule has 0 atom stereocenters. The van der Waals surface area contributed by atoms with Crippen LogP contribution < -0.4 is 0 Å². The molecule has 1 nitrogen and oxygen atoms in total. The maximum Gasteiger partial charge on any atom is 0.106 e. The van der Waals surface area contributed by atoms with Gasteiger partial charge in [-0.3, -0.25) is 0 Å². The Morgan fingerprint density at radius 3 is 1.08 bits per heavy atom. The third-order valence-corrected chi connectivity index (χ3v) is 2.11. The summed E-state index contributed by atoms with van der Waals surface area (Å²) < 4.78 is 0. The van der Waals surface area contributed by atoms with Crippen molar-refractivity contribution in [2.75, 3.05) is 0 Å². The monoisotopic (exact) mass is 164 g/mol. The van der Waals surface area contributed by atoms with Crippen LogP contribution in [0.1, 0.15) is 22.3 Å². The standard InChI is InChI=1S/C10H14.CH2O/c1-7-5-9(3)10(4)6-8(7)2;1-2/h5-6H,1-4H3;1H2. The minimum Gasteiger partial charge on any atom is -0.307 e. The van der Waals surface area contributed by atoms with Crippen LogP contribution in [0.4, 0.5) is 0 Å². The number of aryl methyl sites for hydroxylation is 4. The lowest BCUT2D eigenvalue weighted by molar-refractivity contribution is -0.0979. The fraction of sp³-hybridized carbons (Fsp3) is 0.364. The van der Waals surface area contributed by atoms with Gasteiger partial charge in [0, 0.05) is 0 Å². The van der Waals surface area contributed by atoms with Crippen LogP contribution >= 0.6 is 0 Å². The minimum absolute atomic E-state index is 1.39. The molecule has 1 heteroatoms. The van der Waals surface area contributed by atoms with Gasteiger partial charge in [0.1, 0.15) is 6.79 Å². The first-order chi connectivity index (χ1) is 5.61. The molecule has 0 unspecified atom stereocenters. The molecule has 0 amide bonds. The quantitative estimate of drug-likeness (QED) is 0.576. The van der Waals surface area contributed by atoms with Crippen molar-refractivity contribution in [3.63, 3.8) is 0 Å². The summed E-state index contributed by atoms with van der Waals surface area (Å²) in [4.78, 5) is 8.00. The predicted molar refractivity (Wildman–Crippen MR) is 52.5 cm³/mol. The SMILES string of the molecule is C=O.Cc1cc(C)c(C)cc1C. The first-order valence-electron chi connectivity index (χ1n) is 3.94. The van der Waals surface area contributed by atoms with Crippen molar-refractivity contribution < 1.29 is 4.79 Å². The molecule has 1 aromatic rings. The average molecular weight is 164 g/mol. The van der Waals surface area contributed by atoms with E-state index in [0.29, 0.717) is 0 Å². The van der Waals surface area contributed by atoms with Gasteiger partial charge in [-0.05, 0) is 49.9 Å². The molecule has 0 N–H and O–H groups in total. The van der Waals surface area contributed by atoms with Crippen molar-refractivity contribution in [2.45, 2.75) is 27.7 Å². The van der Waals surface area contributed by atoms with Gasteiger partial charge in [0.15, 0.2) is 0 Å². The second-order valence-electron chi connectivity index (χ2n) is 3.02. The van der Waals surface area contributed by atoms with Gasteiger partial charge in [0.2, 0.25) is 0 Å². The van der Waals surface area contributed by atoms with Crippen molar-refractivity contribution in [2.24, 2.45) is 0 Å². The number of carbonyl (C=O) groups excluding carboxylic acids is 1. The van der Waals surface area contributed by atoms with E-state index in [2.05, 4.69) is 39.8 Å². The Kier molecular flexibility index (Phi) is 4.27. The summed E-state index contributed by atoms with van der Waals surface area (Å²) in [6.07, 6.45) is 0. The summed E-state index contributed by atoms with van der Waals surface area (Å²) in [5.74, 6) is 0. The van der Waals surface area contributed by atoms with Gasteiger partial charge in [-0.25, -0.2) is 0 Å². The average Bonchev–Trinajstić information content (AvgIpc) is 2.05. The van der Waals surface area contributed by atoms with E-state index in [1.165, 1.54) is 22.3 Å². The van der Waals surface area contributed by atoms with Gasteiger partial charge < -0.3 is 4.79 Å². The Bertz CT molecular complexity index is 214. The van der Waals surface area contributed by atoms with Crippen molar-refractivity contribution in [1.29, 1.82) is 0 Å². The van der Waals surface area contributed by atoms with E-state index in [1.807, 2.05) is 6.79 Å². The Balaban J connectivity index is 0.000000561. The smallest absolute Gasteiger partial charge is 0.106 e. The summed E-state index contributed by atoms with van der Waals surface area (Å²) >= 11 is 0. The third kappa shape index (κ3) is 2.50. The summed E-state index contributed by atoms with van der Waals surface area (Å²) in [7, 11) is 0. The zero-order valence-electron chi connectivity index (χ0n) is 8.27. The Labute approximate surface area is 74.4 Å². The van der Waals surface area contributed by atoms with Crippen LogP contribution in [0.3, 0.4) is 0 Å². The summed E-state index contributed by atoms with van der Waals surface area (Å²) in [5.41, 5.74) is 5.57. The zero-order valence-corrected chi connectivity index (χ0v) is 8.27.